The predicted octanol–water partition coefficient (Wildman–Crippen LogP) is 4.05. The molecule has 0 spiro atoms. The van der Waals surface area contributed by atoms with Gasteiger partial charge in [0.25, 0.3) is 0 Å². The van der Waals surface area contributed by atoms with E-state index in [-0.39, 0.29) is 0 Å². The van der Waals surface area contributed by atoms with Crippen LogP contribution in [0.25, 0.3) is 0 Å². The van der Waals surface area contributed by atoms with Crippen LogP contribution in [0.5, 0.6) is 0 Å². The van der Waals surface area contributed by atoms with Crippen molar-refractivity contribution >= 4 is 27.5 Å². The van der Waals surface area contributed by atoms with E-state index >= 15 is 0 Å². The van der Waals surface area contributed by atoms with Crippen LogP contribution in [-0.4, -0.2) is 24.0 Å². The first kappa shape index (κ1) is 15.3. The first-order valence-electron chi connectivity index (χ1n) is 7.02. The van der Waals surface area contributed by atoms with Crippen LogP contribution >= 0.6 is 27.5 Å². The first-order valence-corrected chi connectivity index (χ1v) is 8.19. The number of nitrogens with zero attached hydrogens (tertiary/aromatic N) is 1. The van der Waals surface area contributed by atoms with Crippen LogP contribution in [0.15, 0.2) is 22.7 Å². The van der Waals surface area contributed by atoms with Gasteiger partial charge in [-0.1, -0.05) is 46.9 Å². The summed E-state index contributed by atoms with van der Waals surface area (Å²) in [7, 11) is 0. The number of hydrogen-bond acceptors (Lipinski definition) is 2. The summed E-state index contributed by atoms with van der Waals surface area (Å²) in [6.07, 6.45) is 3.80. The molecule has 1 saturated heterocycles. The Labute approximate surface area is 129 Å². The fourth-order valence-electron chi connectivity index (χ4n) is 2.88. The molecule has 2 nitrogen and oxygen atoms in total. The van der Waals surface area contributed by atoms with Gasteiger partial charge >= 0.3 is 0 Å². The lowest BCUT2D eigenvalue weighted by atomic mass is 9.88. The van der Waals surface area contributed by atoms with Crippen LogP contribution in [0.1, 0.15) is 31.7 Å². The summed E-state index contributed by atoms with van der Waals surface area (Å²) in [6.45, 7) is 5.14. The Morgan fingerprint density at radius 3 is 2.89 bits per heavy atom. The zero-order chi connectivity index (χ0) is 13.8. The molecule has 0 amide bonds. The number of hydrogen-bond donors (Lipinski definition) is 1. The third-order valence-electron chi connectivity index (χ3n) is 4.18. The Morgan fingerprint density at radius 1 is 1.47 bits per heavy atom. The molecule has 0 bridgehead atoms. The Kier molecular flexibility index (Phi) is 5.70. The fourth-order valence-corrected chi connectivity index (χ4v) is 3.68. The maximum absolute atomic E-state index is 5.99. The number of rotatable bonds is 4. The van der Waals surface area contributed by atoms with Crippen molar-refractivity contribution in [3.05, 3.63) is 33.3 Å². The van der Waals surface area contributed by atoms with Gasteiger partial charge in [-0.3, -0.25) is 4.90 Å². The van der Waals surface area contributed by atoms with E-state index in [0.29, 0.717) is 6.04 Å². The number of likely N-dealkylation sites (tertiary alicyclic amines) is 1. The number of halogens is 2. The van der Waals surface area contributed by atoms with Gasteiger partial charge in [0, 0.05) is 28.6 Å². The minimum absolute atomic E-state index is 0.515. The molecular formula is C15H22BrClN2. The van der Waals surface area contributed by atoms with Gasteiger partial charge < -0.3 is 5.73 Å². The summed E-state index contributed by atoms with van der Waals surface area (Å²) < 4.78 is 1.09. The minimum Gasteiger partial charge on any atom is -0.329 e. The molecule has 1 aromatic carbocycles. The van der Waals surface area contributed by atoms with Crippen molar-refractivity contribution in [2.24, 2.45) is 11.7 Å². The summed E-state index contributed by atoms with van der Waals surface area (Å²) in [4.78, 5) is 2.51. The van der Waals surface area contributed by atoms with E-state index < -0.39 is 0 Å². The molecule has 1 aliphatic heterocycles. The average Bonchev–Trinajstić information content (AvgIpc) is 2.42. The van der Waals surface area contributed by atoms with Gasteiger partial charge in [0.1, 0.15) is 0 Å². The van der Waals surface area contributed by atoms with E-state index in [4.69, 9.17) is 17.3 Å². The van der Waals surface area contributed by atoms with E-state index in [1.807, 2.05) is 12.1 Å². The Balaban J connectivity index is 2.05. The molecule has 1 aromatic rings. The van der Waals surface area contributed by atoms with Crippen LogP contribution in [0, 0.1) is 5.92 Å². The molecule has 1 aliphatic rings. The van der Waals surface area contributed by atoms with Gasteiger partial charge in [0.05, 0.1) is 0 Å². The van der Waals surface area contributed by atoms with Crippen LogP contribution in [0.2, 0.25) is 5.02 Å². The molecular weight excluding hydrogens is 324 g/mol. The molecule has 2 rings (SSSR count). The normalized spacial score (nSPS) is 24.6. The highest BCUT2D eigenvalue weighted by atomic mass is 79.9. The lowest BCUT2D eigenvalue weighted by Gasteiger charge is -2.39. The summed E-state index contributed by atoms with van der Waals surface area (Å²) in [5.41, 5.74) is 7.24. The molecule has 0 saturated carbocycles. The van der Waals surface area contributed by atoms with Crippen LogP contribution < -0.4 is 5.73 Å². The van der Waals surface area contributed by atoms with Crippen molar-refractivity contribution in [2.75, 3.05) is 13.1 Å². The Morgan fingerprint density at radius 2 is 2.26 bits per heavy atom. The van der Waals surface area contributed by atoms with Crippen molar-refractivity contribution < 1.29 is 0 Å². The predicted molar refractivity (Wildman–Crippen MR) is 85.4 cm³/mol. The topological polar surface area (TPSA) is 29.3 Å². The van der Waals surface area contributed by atoms with Crippen LogP contribution in [0.3, 0.4) is 0 Å². The Hall–Kier alpha value is -0.0900. The van der Waals surface area contributed by atoms with E-state index in [1.165, 1.54) is 24.8 Å². The molecule has 0 aliphatic carbocycles. The Bertz CT molecular complexity index is 425. The number of benzene rings is 1. The zero-order valence-electron chi connectivity index (χ0n) is 11.4. The van der Waals surface area contributed by atoms with Gasteiger partial charge in [-0.15, -0.1) is 0 Å². The molecule has 4 heteroatoms. The van der Waals surface area contributed by atoms with E-state index in [1.54, 1.807) is 0 Å². The monoisotopic (exact) mass is 344 g/mol. The second-order valence-electron chi connectivity index (χ2n) is 5.39. The second-order valence-corrected chi connectivity index (χ2v) is 6.69. The van der Waals surface area contributed by atoms with Crippen molar-refractivity contribution in [1.82, 2.24) is 4.90 Å². The van der Waals surface area contributed by atoms with Gasteiger partial charge in [-0.25, -0.2) is 0 Å². The van der Waals surface area contributed by atoms with E-state index in [9.17, 15) is 0 Å². The van der Waals surface area contributed by atoms with E-state index in [2.05, 4.69) is 33.8 Å². The molecule has 2 N–H and O–H groups in total. The molecule has 2 unspecified atom stereocenters. The smallest absolute Gasteiger partial charge is 0.0417 e. The minimum atomic E-state index is 0.515. The highest BCUT2D eigenvalue weighted by Gasteiger charge is 2.26. The fraction of sp³-hybridized carbons (Fsp3) is 0.600. The van der Waals surface area contributed by atoms with Gasteiger partial charge in [-0.2, -0.15) is 0 Å². The maximum atomic E-state index is 5.99. The highest BCUT2D eigenvalue weighted by molar-refractivity contribution is 9.10. The van der Waals surface area contributed by atoms with E-state index in [0.717, 1.165) is 35.0 Å². The third-order valence-corrected chi connectivity index (χ3v) is 5.16. The van der Waals surface area contributed by atoms with Gasteiger partial charge in [0.2, 0.25) is 0 Å². The standard InChI is InChI=1S/C15H22BrClN2/c1-2-11-5-6-19(14(7-11)9-18)10-12-3-4-13(17)8-15(12)16/h3-4,8,11,14H,2,5-7,9-10,18H2,1H3. The molecule has 1 heterocycles. The SMILES string of the molecule is CCC1CCN(Cc2ccc(Cl)cc2Br)C(CN)C1. The van der Waals surface area contributed by atoms with Crippen LogP contribution in [0.4, 0.5) is 0 Å². The molecule has 19 heavy (non-hydrogen) atoms. The molecule has 0 aromatic heterocycles. The first-order chi connectivity index (χ1) is 9.13. The van der Waals surface area contributed by atoms with Crippen molar-refractivity contribution in [3.8, 4) is 0 Å². The quantitative estimate of drug-likeness (QED) is 0.892. The van der Waals surface area contributed by atoms with Crippen LogP contribution in [-0.2, 0) is 6.54 Å². The largest absolute Gasteiger partial charge is 0.329 e. The van der Waals surface area contributed by atoms with Gasteiger partial charge in [-0.05, 0) is 43.0 Å². The summed E-state index contributed by atoms with van der Waals surface area (Å²) >= 11 is 9.59. The molecule has 2 atom stereocenters. The molecule has 1 fully saturated rings. The lowest BCUT2D eigenvalue weighted by Crippen LogP contribution is -2.46. The summed E-state index contributed by atoms with van der Waals surface area (Å²) in [6, 6.07) is 6.54. The third kappa shape index (κ3) is 3.94. The second kappa shape index (κ2) is 7.07. The average molecular weight is 346 g/mol. The number of nitrogens with two attached hydrogens (primary N) is 1. The summed E-state index contributed by atoms with van der Waals surface area (Å²) in [5, 5.41) is 0.774. The lowest BCUT2D eigenvalue weighted by molar-refractivity contribution is 0.107. The zero-order valence-corrected chi connectivity index (χ0v) is 13.8. The summed E-state index contributed by atoms with van der Waals surface area (Å²) in [5.74, 6) is 0.846. The maximum Gasteiger partial charge on any atom is 0.0417 e. The van der Waals surface area contributed by atoms with Gasteiger partial charge in [0.15, 0.2) is 0 Å². The molecule has 106 valence electrons. The molecule has 0 radical (unpaired) electrons. The number of piperidine rings is 1. The van der Waals surface area contributed by atoms with Crippen molar-refractivity contribution in [1.29, 1.82) is 0 Å². The van der Waals surface area contributed by atoms with Crippen molar-refractivity contribution in [3.63, 3.8) is 0 Å². The van der Waals surface area contributed by atoms with Crippen molar-refractivity contribution in [2.45, 2.75) is 38.8 Å². The highest BCUT2D eigenvalue weighted by Crippen LogP contribution is 2.28.